The van der Waals surface area contributed by atoms with Gasteiger partial charge in [-0.2, -0.15) is 0 Å². The van der Waals surface area contributed by atoms with E-state index in [0.717, 1.165) is 42.5 Å². The van der Waals surface area contributed by atoms with Crippen LogP contribution in [0.15, 0.2) is 31.0 Å². The lowest BCUT2D eigenvalue weighted by atomic mass is 9.84. The molecular weight excluding hydrogens is 561 g/mol. The number of benzene rings is 1. The summed E-state index contributed by atoms with van der Waals surface area (Å²) in [6.45, 7) is 6.61. The molecule has 2 aromatic rings. The van der Waals surface area contributed by atoms with Gasteiger partial charge in [-0.3, -0.25) is 9.59 Å². The zero-order chi connectivity index (χ0) is 25.2. The number of carbonyl (C=O) groups excluding carboxylic acids is 2. The molecule has 0 bridgehead atoms. The van der Waals surface area contributed by atoms with Gasteiger partial charge in [0.2, 0.25) is 5.91 Å². The van der Waals surface area contributed by atoms with E-state index in [9.17, 15) is 9.59 Å². The van der Waals surface area contributed by atoms with Crippen molar-refractivity contribution in [3.8, 4) is 11.5 Å². The first-order valence-corrected chi connectivity index (χ1v) is 13.2. The van der Waals surface area contributed by atoms with Crippen LogP contribution in [0, 0.1) is 5.92 Å². The van der Waals surface area contributed by atoms with Gasteiger partial charge in [0.05, 0.1) is 32.5 Å². The van der Waals surface area contributed by atoms with E-state index in [-0.39, 0.29) is 37.6 Å². The molecule has 1 aromatic heterocycles. The first kappa shape index (κ1) is 25.7. The second-order valence-corrected chi connectivity index (χ2v) is 11.0. The number of fused-ring (bicyclic) bond motifs is 3. The average molecular weight is 595 g/mol. The lowest BCUT2D eigenvalue weighted by molar-refractivity contribution is -0.496. The van der Waals surface area contributed by atoms with Crippen LogP contribution in [0.2, 0.25) is 0 Å². The molecule has 0 saturated heterocycles. The fraction of sp³-hybridized carbons (Fsp3) is 0.538. The second kappa shape index (κ2) is 10.7. The number of rotatable bonds is 9. The van der Waals surface area contributed by atoms with Crippen LogP contribution in [0.4, 0.5) is 0 Å². The first-order chi connectivity index (χ1) is 16.9. The summed E-state index contributed by atoms with van der Waals surface area (Å²) < 4.78 is 17.3. The van der Waals surface area contributed by atoms with E-state index in [0.29, 0.717) is 17.2 Å². The molecule has 1 fully saturated rings. The predicted octanol–water partition coefficient (Wildman–Crippen LogP) is 0.609. The zero-order valence-corrected chi connectivity index (χ0v) is 22.8. The Hall–Kier alpha value is -2.43. The Morgan fingerprint density at radius 3 is 2.54 bits per heavy atom. The van der Waals surface area contributed by atoms with Crippen molar-refractivity contribution in [1.29, 1.82) is 0 Å². The molecule has 1 radical (unpaired) electrons. The minimum atomic E-state index is -1.13. The van der Waals surface area contributed by atoms with Gasteiger partial charge in [0.25, 0.3) is 5.91 Å². The van der Waals surface area contributed by atoms with Crippen molar-refractivity contribution < 1.29 is 46.4 Å². The number of aromatic nitrogens is 1. The van der Waals surface area contributed by atoms with Crippen molar-refractivity contribution in [1.82, 2.24) is 14.8 Å². The molecule has 9 heteroatoms. The number of nitrogens with one attached hydrogen (secondary N) is 1. The van der Waals surface area contributed by atoms with Crippen molar-refractivity contribution in [2.24, 2.45) is 5.92 Å². The van der Waals surface area contributed by atoms with Gasteiger partial charge in [0.15, 0.2) is 0 Å². The normalized spacial score (nSPS) is 24.1. The summed E-state index contributed by atoms with van der Waals surface area (Å²) >= 11 is 2.14. The molecule has 1 aromatic carbocycles. The van der Waals surface area contributed by atoms with Crippen molar-refractivity contribution in [2.45, 2.75) is 55.2 Å². The van der Waals surface area contributed by atoms with E-state index in [4.69, 9.17) is 14.2 Å². The zero-order valence-electron chi connectivity index (χ0n) is 20.6. The maximum absolute atomic E-state index is 13.8. The Morgan fingerprint density at radius 2 is 1.91 bits per heavy atom. The van der Waals surface area contributed by atoms with Gasteiger partial charge in [-0.05, 0) is 49.8 Å². The minimum absolute atomic E-state index is 0.121. The van der Waals surface area contributed by atoms with Crippen LogP contribution in [0.3, 0.4) is 0 Å². The quantitative estimate of drug-likeness (QED) is 0.151. The maximum Gasteiger partial charge on any atom is 0.269 e. The number of ether oxygens (including phenoxy) is 3. The van der Waals surface area contributed by atoms with Crippen LogP contribution in [-0.2, 0) is 16.1 Å². The topological polar surface area (TPSA) is 82.0 Å². The molecule has 1 atom stereocenters. The summed E-state index contributed by atoms with van der Waals surface area (Å²) in [6.07, 6.45) is 6.70. The molecule has 8 nitrogen and oxygen atoms in total. The molecule has 2 amide bonds. The molecule has 1 aliphatic heterocycles. The van der Waals surface area contributed by atoms with E-state index < -0.39 is 3.55 Å². The van der Waals surface area contributed by atoms with Gasteiger partial charge in [-0.15, -0.1) is 0 Å². The number of carbonyl (C=O) groups is 2. The maximum atomic E-state index is 13.8. The largest absolute Gasteiger partial charge is 0.754 e. The molecule has 1 saturated carbocycles. The van der Waals surface area contributed by atoms with Crippen LogP contribution in [-0.4, -0.2) is 58.2 Å². The van der Waals surface area contributed by atoms with Crippen molar-refractivity contribution in [2.75, 3.05) is 27.4 Å². The number of nitrogens with zero attached hydrogens (tertiary/aromatic N) is 2. The summed E-state index contributed by atoms with van der Waals surface area (Å²) in [4.78, 5) is 29.3. The average Bonchev–Trinajstić information content (AvgIpc) is 3.25. The van der Waals surface area contributed by atoms with E-state index in [1.165, 1.54) is 12.7 Å². The van der Waals surface area contributed by atoms with Crippen LogP contribution in [0.5, 0.6) is 11.5 Å². The molecule has 4 rings (SSSR count). The molecule has 1 N–H and O–H groups in total. The number of hydrogen-bond acceptors (Lipinski definition) is 5. The van der Waals surface area contributed by atoms with Crippen LogP contribution in [0.25, 0.3) is 10.9 Å². The monoisotopic (exact) mass is 595 g/mol. The standard InChI is InChI=1S/C26H34IN3O5/c1-5-17-7-9-18(10-8-17)28-25(32)26(27)16-29-20(24(31)30(26)13-14-35-6-2)15-19-21(33-3)11-12-22(34-4)23(19)29/h6,11-12,15,17-18H,2,5,7-10,13-14,16H2,1,3-4H3,(H,28,32)/q-1. The van der Waals surface area contributed by atoms with Gasteiger partial charge >= 0.3 is 0 Å². The number of alkyl halides is 1. The summed E-state index contributed by atoms with van der Waals surface area (Å²) in [7, 11) is 3.20. The third-order valence-electron chi connectivity index (χ3n) is 7.34. The third-order valence-corrected chi connectivity index (χ3v) is 8.75. The highest BCUT2D eigenvalue weighted by Crippen LogP contribution is 2.38. The van der Waals surface area contributed by atoms with Crippen molar-refractivity contribution >= 4 is 22.7 Å². The second-order valence-electron chi connectivity index (χ2n) is 9.20. The summed E-state index contributed by atoms with van der Waals surface area (Å²) in [5.41, 5.74) is 1.24. The van der Waals surface area contributed by atoms with Gasteiger partial charge in [0.1, 0.15) is 23.8 Å². The van der Waals surface area contributed by atoms with Crippen LogP contribution >= 0.6 is 0 Å². The number of methoxy groups -OCH3 is 2. The Morgan fingerprint density at radius 1 is 1.23 bits per heavy atom. The van der Waals surface area contributed by atoms with Gasteiger partial charge < -0.3 is 51.6 Å². The summed E-state index contributed by atoms with van der Waals surface area (Å²) in [5.74, 6) is 1.62. The van der Waals surface area contributed by atoms with Crippen LogP contribution < -0.4 is 37.4 Å². The van der Waals surface area contributed by atoms with E-state index in [2.05, 4.69) is 41.4 Å². The Labute approximate surface area is 220 Å². The van der Waals surface area contributed by atoms with Gasteiger partial charge in [-0.25, -0.2) is 0 Å². The highest BCUT2D eigenvalue weighted by atomic mass is 127. The lowest BCUT2D eigenvalue weighted by Gasteiger charge is -2.52. The molecule has 2 heterocycles. The van der Waals surface area contributed by atoms with Crippen molar-refractivity contribution in [3.63, 3.8) is 0 Å². The molecule has 191 valence electrons. The highest BCUT2D eigenvalue weighted by molar-refractivity contribution is 6.05. The van der Waals surface area contributed by atoms with Crippen LogP contribution in [0.1, 0.15) is 49.5 Å². The first-order valence-electron chi connectivity index (χ1n) is 12.2. The Kier molecular flexibility index (Phi) is 7.83. The van der Waals surface area contributed by atoms with Gasteiger partial charge in [0, 0.05) is 21.5 Å². The summed E-state index contributed by atoms with van der Waals surface area (Å²) in [5, 5.41) is 4.04. The lowest BCUT2D eigenvalue weighted by Crippen LogP contribution is -3.46. The molecule has 0 spiro atoms. The fourth-order valence-corrected chi connectivity index (χ4v) is 6.27. The third kappa shape index (κ3) is 4.71. The number of hydrogen-bond donors (Lipinski definition) is 1. The molecule has 1 unspecified atom stereocenters. The smallest absolute Gasteiger partial charge is 0.269 e. The molecular formula is C26H34IN3O5-. The van der Waals surface area contributed by atoms with Crippen molar-refractivity contribution in [3.05, 3.63) is 36.7 Å². The van der Waals surface area contributed by atoms with Gasteiger partial charge in [-0.1, -0.05) is 19.9 Å². The number of amides is 2. The summed E-state index contributed by atoms with van der Waals surface area (Å²) in [6, 6.07) is 5.59. The molecule has 35 heavy (non-hydrogen) atoms. The fourth-order valence-electron chi connectivity index (χ4n) is 5.31. The Bertz CT molecular complexity index is 1110. The Balaban J connectivity index is 1.72. The molecule has 2 aliphatic rings. The van der Waals surface area contributed by atoms with E-state index >= 15 is 0 Å². The number of halogens is 1. The predicted molar refractivity (Wildman–Crippen MR) is 129 cm³/mol. The molecule has 1 aliphatic carbocycles. The minimum Gasteiger partial charge on any atom is -0.754 e. The highest BCUT2D eigenvalue weighted by Gasteiger charge is 2.43. The van der Waals surface area contributed by atoms with E-state index in [1.54, 1.807) is 19.1 Å². The van der Waals surface area contributed by atoms with E-state index in [1.807, 2.05) is 22.8 Å². The SMILES string of the molecule is C=COCCN1C(=O)c2cc3c(OC)ccc(OC)c3n2CC1([I-])C(=O)NC1CCC(CC)CC1.